The summed E-state index contributed by atoms with van der Waals surface area (Å²) in [5.41, 5.74) is -0.196. The van der Waals surface area contributed by atoms with Gasteiger partial charge in [0.15, 0.2) is 0 Å². The van der Waals surface area contributed by atoms with E-state index in [0.29, 0.717) is 16.3 Å². The zero-order valence-electron chi connectivity index (χ0n) is 18.3. The van der Waals surface area contributed by atoms with E-state index < -0.39 is 23.3 Å². The van der Waals surface area contributed by atoms with Crippen molar-refractivity contribution >= 4 is 23.5 Å². The minimum atomic E-state index is -0.728. The number of hydrogen-bond acceptors (Lipinski definition) is 5. The van der Waals surface area contributed by atoms with Crippen LogP contribution in [0.2, 0.25) is 5.02 Å². The van der Waals surface area contributed by atoms with Gasteiger partial charge < -0.3 is 4.74 Å². The van der Waals surface area contributed by atoms with E-state index in [4.69, 9.17) is 16.3 Å². The Labute approximate surface area is 190 Å². The highest BCUT2D eigenvalue weighted by Crippen LogP contribution is 2.16. The maximum absolute atomic E-state index is 13.1. The number of anilines is 1. The van der Waals surface area contributed by atoms with E-state index in [9.17, 15) is 14.4 Å². The number of carbonyl (C=O) groups is 1. The van der Waals surface area contributed by atoms with Crippen LogP contribution in [0.5, 0.6) is 5.75 Å². The molecule has 8 nitrogen and oxygen atoms in total. The molecule has 1 N–H and O–H groups in total. The summed E-state index contributed by atoms with van der Waals surface area (Å²) in [6, 6.07) is 13.1. The molecule has 9 heteroatoms. The number of hydrogen-bond donors (Lipinski definition) is 1. The van der Waals surface area contributed by atoms with Crippen molar-refractivity contribution in [3.05, 3.63) is 85.6 Å². The van der Waals surface area contributed by atoms with Gasteiger partial charge in [0.25, 0.3) is 5.91 Å². The molecule has 0 radical (unpaired) electrons. The van der Waals surface area contributed by atoms with Gasteiger partial charge in [-0.05, 0) is 69.7 Å². The van der Waals surface area contributed by atoms with Crippen molar-refractivity contribution in [2.75, 3.05) is 5.32 Å². The van der Waals surface area contributed by atoms with Crippen molar-refractivity contribution in [1.29, 1.82) is 0 Å². The Morgan fingerprint density at radius 2 is 1.66 bits per heavy atom. The standard InChI is InChI=1S/C23H25ClN4O4/c1-14(2)28-22(30)26-21(27(23(28)31)13-16-5-9-18(24)10-6-16)25-20(29)17-7-11-19(12-8-17)32-15(3)4/h5-12,14-15H,13H2,1-4H3,(H,25,26,29,30). The van der Waals surface area contributed by atoms with Crippen LogP contribution in [0.25, 0.3) is 0 Å². The second-order valence-electron chi connectivity index (χ2n) is 7.82. The van der Waals surface area contributed by atoms with Gasteiger partial charge in [0.2, 0.25) is 5.95 Å². The van der Waals surface area contributed by atoms with Crippen LogP contribution in [0.1, 0.15) is 49.7 Å². The zero-order chi connectivity index (χ0) is 23.4. The maximum Gasteiger partial charge on any atom is 0.355 e. The lowest BCUT2D eigenvalue weighted by molar-refractivity contribution is 0.102. The van der Waals surface area contributed by atoms with E-state index in [0.717, 1.165) is 10.1 Å². The lowest BCUT2D eigenvalue weighted by Gasteiger charge is -2.16. The van der Waals surface area contributed by atoms with Gasteiger partial charge in [-0.25, -0.2) is 14.2 Å². The molecule has 0 spiro atoms. The van der Waals surface area contributed by atoms with E-state index in [1.807, 2.05) is 13.8 Å². The van der Waals surface area contributed by atoms with Crippen molar-refractivity contribution < 1.29 is 9.53 Å². The summed E-state index contributed by atoms with van der Waals surface area (Å²) in [5, 5.41) is 3.16. The Morgan fingerprint density at radius 1 is 1.03 bits per heavy atom. The van der Waals surface area contributed by atoms with E-state index in [2.05, 4.69) is 10.3 Å². The molecule has 0 aliphatic carbocycles. The molecule has 3 aromatic rings. The molecule has 32 heavy (non-hydrogen) atoms. The summed E-state index contributed by atoms with van der Waals surface area (Å²) in [5.74, 6) is 0.00718. The first-order valence-corrected chi connectivity index (χ1v) is 10.6. The first kappa shape index (κ1) is 23.3. The number of rotatable bonds is 7. The largest absolute Gasteiger partial charge is 0.491 e. The topological polar surface area (TPSA) is 95.2 Å². The molecule has 0 saturated carbocycles. The van der Waals surface area contributed by atoms with Gasteiger partial charge in [0, 0.05) is 16.6 Å². The first-order valence-electron chi connectivity index (χ1n) is 10.2. The third kappa shape index (κ3) is 5.45. The van der Waals surface area contributed by atoms with Crippen LogP contribution in [0.4, 0.5) is 5.95 Å². The van der Waals surface area contributed by atoms with Gasteiger partial charge in [0.05, 0.1) is 12.6 Å². The molecule has 0 fully saturated rings. The van der Waals surface area contributed by atoms with Crippen molar-refractivity contribution in [3.63, 3.8) is 0 Å². The van der Waals surface area contributed by atoms with Crippen LogP contribution in [-0.2, 0) is 6.54 Å². The molecule has 168 valence electrons. The van der Waals surface area contributed by atoms with Gasteiger partial charge in [-0.15, -0.1) is 0 Å². The highest BCUT2D eigenvalue weighted by atomic mass is 35.5. The first-order chi connectivity index (χ1) is 15.2. The number of ether oxygens (including phenoxy) is 1. The fraction of sp³-hybridized carbons (Fsp3) is 0.304. The summed E-state index contributed by atoms with van der Waals surface area (Å²) in [7, 11) is 0. The minimum Gasteiger partial charge on any atom is -0.491 e. The SMILES string of the molecule is CC(C)Oc1ccc(C(=O)Nc2nc(=O)n(C(C)C)c(=O)n2Cc2ccc(Cl)cc2)cc1. The number of benzene rings is 2. The molecule has 0 atom stereocenters. The Kier molecular flexibility index (Phi) is 7.15. The smallest absolute Gasteiger partial charge is 0.355 e. The fourth-order valence-corrected chi connectivity index (χ4v) is 3.22. The van der Waals surface area contributed by atoms with Gasteiger partial charge in [-0.1, -0.05) is 23.7 Å². The normalized spacial score (nSPS) is 11.1. The Balaban J connectivity index is 1.97. The number of aromatic nitrogens is 3. The van der Waals surface area contributed by atoms with Crippen molar-refractivity contribution in [2.24, 2.45) is 0 Å². The highest BCUT2D eigenvalue weighted by molar-refractivity contribution is 6.30. The molecule has 0 saturated heterocycles. The van der Waals surface area contributed by atoms with Crippen LogP contribution in [0.3, 0.4) is 0 Å². The molecule has 0 aliphatic heterocycles. The van der Waals surface area contributed by atoms with E-state index >= 15 is 0 Å². The Morgan fingerprint density at radius 3 is 2.22 bits per heavy atom. The van der Waals surface area contributed by atoms with Gasteiger partial charge in [-0.3, -0.25) is 14.7 Å². The van der Waals surface area contributed by atoms with Gasteiger partial charge in [0.1, 0.15) is 5.75 Å². The monoisotopic (exact) mass is 456 g/mol. The van der Waals surface area contributed by atoms with E-state index in [1.54, 1.807) is 62.4 Å². The second-order valence-corrected chi connectivity index (χ2v) is 8.26. The molecular weight excluding hydrogens is 432 g/mol. The number of amides is 1. The molecule has 0 bridgehead atoms. The van der Waals surface area contributed by atoms with E-state index in [-0.39, 0.29) is 18.6 Å². The molecule has 2 aromatic carbocycles. The lowest BCUT2D eigenvalue weighted by Crippen LogP contribution is -2.44. The summed E-state index contributed by atoms with van der Waals surface area (Å²) >= 11 is 5.95. The molecule has 0 unspecified atom stereocenters. The zero-order valence-corrected chi connectivity index (χ0v) is 19.1. The van der Waals surface area contributed by atoms with E-state index in [1.165, 1.54) is 4.57 Å². The van der Waals surface area contributed by atoms with Crippen molar-refractivity contribution in [3.8, 4) is 5.75 Å². The van der Waals surface area contributed by atoms with Crippen molar-refractivity contribution in [1.82, 2.24) is 14.1 Å². The third-order valence-electron chi connectivity index (χ3n) is 4.58. The second kappa shape index (κ2) is 9.82. The fourth-order valence-electron chi connectivity index (χ4n) is 3.09. The van der Waals surface area contributed by atoms with Crippen LogP contribution in [-0.4, -0.2) is 26.1 Å². The quantitative estimate of drug-likeness (QED) is 0.584. The molecule has 1 aromatic heterocycles. The number of nitrogens with one attached hydrogen (secondary N) is 1. The molecule has 0 aliphatic rings. The molecular formula is C23H25ClN4O4. The van der Waals surface area contributed by atoms with Crippen LogP contribution in [0.15, 0.2) is 58.1 Å². The summed E-state index contributed by atoms with van der Waals surface area (Å²) in [6.07, 6.45) is 0.00799. The summed E-state index contributed by atoms with van der Waals surface area (Å²) in [4.78, 5) is 42.3. The van der Waals surface area contributed by atoms with Crippen molar-refractivity contribution in [2.45, 2.75) is 46.4 Å². The number of nitrogens with zero attached hydrogens (tertiary/aromatic N) is 3. The number of halogens is 1. The maximum atomic E-state index is 13.1. The minimum absolute atomic E-state index is 0.00799. The number of carbonyl (C=O) groups excluding carboxylic acids is 1. The van der Waals surface area contributed by atoms with Gasteiger partial charge >= 0.3 is 11.4 Å². The molecule has 1 heterocycles. The average Bonchev–Trinajstić information content (AvgIpc) is 2.72. The third-order valence-corrected chi connectivity index (χ3v) is 4.84. The van der Waals surface area contributed by atoms with Crippen LogP contribution >= 0.6 is 11.6 Å². The Bertz CT molecular complexity index is 1210. The van der Waals surface area contributed by atoms with Crippen LogP contribution < -0.4 is 21.4 Å². The molecule has 1 amide bonds. The van der Waals surface area contributed by atoms with Gasteiger partial charge in [-0.2, -0.15) is 4.98 Å². The summed E-state index contributed by atoms with van der Waals surface area (Å²) < 4.78 is 7.89. The predicted molar refractivity (Wildman–Crippen MR) is 124 cm³/mol. The van der Waals surface area contributed by atoms with Crippen LogP contribution in [0, 0.1) is 0 Å². The average molecular weight is 457 g/mol. The molecule has 3 rings (SSSR count). The highest BCUT2D eigenvalue weighted by Gasteiger charge is 2.18. The summed E-state index contributed by atoms with van der Waals surface area (Å²) in [6.45, 7) is 7.36. The predicted octanol–water partition coefficient (Wildman–Crippen LogP) is 3.73. The Hall–Kier alpha value is -3.39. The lowest BCUT2D eigenvalue weighted by atomic mass is 10.2.